The molecule has 10 nitrogen and oxygen atoms in total. The molecule has 3 aromatic rings. The Morgan fingerprint density at radius 3 is 2.48 bits per heavy atom. The van der Waals surface area contributed by atoms with Crippen molar-refractivity contribution in [2.24, 2.45) is 5.11 Å². The molecule has 0 aliphatic carbocycles. The van der Waals surface area contributed by atoms with Crippen molar-refractivity contribution in [3.63, 3.8) is 0 Å². The van der Waals surface area contributed by atoms with Gasteiger partial charge in [-0.05, 0) is 54.5 Å². The van der Waals surface area contributed by atoms with Crippen molar-refractivity contribution >= 4 is 57.4 Å². The number of carbonyl (C=O) groups excluding carboxylic acids is 2. The summed E-state index contributed by atoms with van der Waals surface area (Å²) < 4.78 is 0. The van der Waals surface area contributed by atoms with E-state index in [0.29, 0.717) is 29.1 Å². The van der Waals surface area contributed by atoms with E-state index < -0.39 is 0 Å². The molecular formula is C29H29ClN8O2. The monoisotopic (exact) mass is 556 g/mol. The fourth-order valence-electron chi connectivity index (χ4n) is 4.80. The highest BCUT2D eigenvalue weighted by molar-refractivity contribution is 6.39. The van der Waals surface area contributed by atoms with Crippen LogP contribution in [0.15, 0.2) is 71.8 Å². The quantitative estimate of drug-likeness (QED) is 0.174. The van der Waals surface area contributed by atoms with Gasteiger partial charge in [0.1, 0.15) is 0 Å². The third-order valence-corrected chi connectivity index (χ3v) is 7.45. The number of rotatable bonds is 7. The van der Waals surface area contributed by atoms with Crippen molar-refractivity contribution in [2.45, 2.75) is 0 Å². The fraction of sp³-hybridized carbons (Fsp3) is 0.241. The van der Waals surface area contributed by atoms with Gasteiger partial charge in [0.25, 0.3) is 5.91 Å². The Morgan fingerprint density at radius 1 is 1.10 bits per heavy atom. The van der Waals surface area contributed by atoms with Gasteiger partial charge in [0, 0.05) is 55.1 Å². The van der Waals surface area contributed by atoms with Crippen molar-refractivity contribution in [1.82, 2.24) is 9.80 Å². The zero-order valence-electron chi connectivity index (χ0n) is 22.3. The number of carbonyl (C=O) groups is 2. The zero-order chi connectivity index (χ0) is 28.2. The van der Waals surface area contributed by atoms with Crippen LogP contribution in [0.1, 0.15) is 11.1 Å². The van der Waals surface area contributed by atoms with Crippen molar-refractivity contribution in [1.29, 1.82) is 0 Å². The summed E-state index contributed by atoms with van der Waals surface area (Å²) in [6.45, 7) is 4.05. The number of anilines is 3. The minimum absolute atomic E-state index is 0.0334. The van der Waals surface area contributed by atoms with E-state index in [2.05, 4.69) is 37.5 Å². The van der Waals surface area contributed by atoms with E-state index in [-0.39, 0.29) is 22.5 Å². The third-order valence-electron chi connectivity index (χ3n) is 7.15. The molecule has 0 bridgehead atoms. The molecule has 11 heteroatoms. The molecular weight excluding hydrogens is 528 g/mol. The van der Waals surface area contributed by atoms with Crippen LogP contribution in [0.2, 0.25) is 5.02 Å². The summed E-state index contributed by atoms with van der Waals surface area (Å²) in [4.78, 5) is 35.1. The van der Waals surface area contributed by atoms with Gasteiger partial charge in [-0.2, -0.15) is 0 Å². The summed E-state index contributed by atoms with van der Waals surface area (Å²) in [5, 5.41) is 10.2. The zero-order valence-corrected chi connectivity index (χ0v) is 23.0. The van der Waals surface area contributed by atoms with E-state index in [9.17, 15) is 9.59 Å². The lowest BCUT2D eigenvalue weighted by atomic mass is 9.99. The van der Waals surface area contributed by atoms with E-state index in [4.69, 9.17) is 17.1 Å². The first kappa shape index (κ1) is 27.2. The highest BCUT2D eigenvalue weighted by Crippen LogP contribution is 2.42. The van der Waals surface area contributed by atoms with Gasteiger partial charge in [0.05, 0.1) is 34.2 Å². The number of halogens is 1. The van der Waals surface area contributed by atoms with Gasteiger partial charge in [-0.15, -0.1) is 0 Å². The molecule has 2 aliphatic rings. The van der Waals surface area contributed by atoms with Gasteiger partial charge in [0.2, 0.25) is 5.91 Å². The normalized spacial score (nSPS) is 16.5. The van der Waals surface area contributed by atoms with E-state index in [1.54, 1.807) is 24.1 Å². The van der Waals surface area contributed by atoms with Crippen molar-refractivity contribution in [3.05, 3.63) is 93.3 Å². The van der Waals surface area contributed by atoms with Gasteiger partial charge in [-0.25, -0.2) is 0 Å². The van der Waals surface area contributed by atoms with Gasteiger partial charge in [-0.3, -0.25) is 14.5 Å². The maximum absolute atomic E-state index is 13.2. The molecule has 0 spiro atoms. The predicted octanol–water partition coefficient (Wildman–Crippen LogP) is 5.42. The number of piperazine rings is 1. The molecule has 0 atom stereocenters. The number of hydrogen-bond acceptors (Lipinski definition) is 6. The lowest BCUT2D eigenvalue weighted by Gasteiger charge is -2.32. The summed E-state index contributed by atoms with van der Waals surface area (Å²) in [7, 11) is 3.87. The number of fused-ring (bicyclic) bond motifs is 1. The third kappa shape index (κ3) is 5.80. The smallest absolute Gasteiger partial charge is 0.258 e. The van der Waals surface area contributed by atoms with Crippen LogP contribution < -0.4 is 15.5 Å². The molecule has 2 heterocycles. The largest absolute Gasteiger partial charge is 0.354 e. The Labute approximate surface area is 237 Å². The van der Waals surface area contributed by atoms with Gasteiger partial charge < -0.3 is 20.4 Å². The van der Waals surface area contributed by atoms with Crippen LogP contribution in [0.3, 0.4) is 0 Å². The lowest BCUT2D eigenvalue weighted by Crippen LogP contribution is -2.48. The summed E-state index contributed by atoms with van der Waals surface area (Å²) in [5.74, 6) is -0.271. The molecule has 0 aromatic heterocycles. The number of nitrogens with zero attached hydrogens (tertiary/aromatic N) is 6. The highest BCUT2D eigenvalue weighted by atomic mass is 35.5. The van der Waals surface area contributed by atoms with Gasteiger partial charge in [-0.1, -0.05) is 47.0 Å². The lowest BCUT2D eigenvalue weighted by molar-refractivity contribution is -0.119. The standard InChI is InChI=1S/C29H29ClN8O2/c1-36-12-14-38(15-13-36)18-26(39)37(2)21-10-8-20(9-11-21)32-28(19-6-4-3-5-7-19)27-22-16-25(34-35-31)23(30)17-24(22)33-29(27)40/h3-11,16-17,32H,12-15,18H2,1-2H3,(H,33,40)/b28-27-. The second-order valence-corrected chi connectivity index (χ2v) is 10.2. The van der Waals surface area contributed by atoms with Crippen molar-refractivity contribution < 1.29 is 9.59 Å². The number of likely N-dealkylation sites (N-methyl/N-ethyl adjacent to an activating group) is 2. The number of amides is 2. The first-order chi connectivity index (χ1) is 19.3. The van der Waals surface area contributed by atoms with Crippen LogP contribution in [0.25, 0.3) is 21.7 Å². The van der Waals surface area contributed by atoms with E-state index >= 15 is 0 Å². The summed E-state index contributed by atoms with van der Waals surface area (Å²) in [6.07, 6.45) is 0. The van der Waals surface area contributed by atoms with Crippen LogP contribution in [-0.4, -0.2) is 68.4 Å². The van der Waals surface area contributed by atoms with Crippen molar-refractivity contribution in [2.75, 3.05) is 62.4 Å². The average molecular weight is 557 g/mol. The molecule has 0 saturated carbocycles. The average Bonchev–Trinajstić information content (AvgIpc) is 3.27. The molecule has 2 amide bonds. The molecule has 40 heavy (non-hydrogen) atoms. The van der Waals surface area contributed by atoms with Crippen LogP contribution in [-0.2, 0) is 9.59 Å². The Hall–Kier alpha value is -4.34. The second kappa shape index (κ2) is 11.8. The summed E-state index contributed by atoms with van der Waals surface area (Å²) in [6, 6.07) is 20.2. The number of nitrogens with one attached hydrogen (secondary N) is 2. The maximum atomic E-state index is 13.2. The SMILES string of the molecule is CN1CCN(CC(=O)N(C)c2ccc(N/C(=C3\C(=O)Nc4cc(Cl)c(N=[N+]=[N-])cc43)c3ccccc3)cc2)CC1. The van der Waals surface area contributed by atoms with Crippen LogP contribution in [0.4, 0.5) is 22.7 Å². The van der Waals surface area contributed by atoms with Crippen LogP contribution >= 0.6 is 11.6 Å². The highest BCUT2D eigenvalue weighted by Gasteiger charge is 2.29. The Kier molecular flexibility index (Phi) is 8.04. The van der Waals surface area contributed by atoms with Crippen LogP contribution in [0, 0.1) is 0 Å². The van der Waals surface area contributed by atoms with E-state index in [1.165, 1.54) is 0 Å². The first-order valence-electron chi connectivity index (χ1n) is 12.9. The molecule has 1 fully saturated rings. The number of benzene rings is 3. The minimum atomic E-state index is -0.304. The van der Waals surface area contributed by atoms with E-state index in [1.807, 2.05) is 54.6 Å². The van der Waals surface area contributed by atoms with Gasteiger partial charge >= 0.3 is 0 Å². The maximum Gasteiger partial charge on any atom is 0.258 e. The minimum Gasteiger partial charge on any atom is -0.354 e. The Morgan fingerprint density at radius 2 is 1.80 bits per heavy atom. The second-order valence-electron chi connectivity index (χ2n) is 9.81. The molecule has 3 aromatic carbocycles. The first-order valence-corrected chi connectivity index (χ1v) is 13.3. The fourth-order valence-corrected chi connectivity index (χ4v) is 5.00. The van der Waals surface area contributed by atoms with Crippen molar-refractivity contribution in [3.8, 4) is 0 Å². The van der Waals surface area contributed by atoms with E-state index in [0.717, 1.165) is 43.1 Å². The Bertz CT molecular complexity index is 1510. The molecule has 0 unspecified atom stereocenters. The number of hydrogen-bond donors (Lipinski definition) is 2. The number of azide groups is 1. The van der Waals surface area contributed by atoms with Gasteiger partial charge in [0.15, 0.2) is 0 Å². The molecule has 204 valence electrons. The Balaban J connectivity index is 1.43. The predicted molar refractivity (Wildman–Crippen MR) is 160 cm³/mol. The topological polar surface area (TPSA) is 117 Å². The molecule has 1 saturated heterocycles. The molecule has 2 aliphatic heterocycles. The molecule has 2 N–H and O–H groups in total. The summed E-state index contributed by atoms with van der Waals surface area (Å²) >= 11 is 6.25. The summed E-state index contributed by atoms with van der Waals surface area (Å²) in [5.41, 5.74) is 13.6. The van der Waals surface area contributed by atoms with Crippen LogP contribution in [0.5, 0.6) is 0 Å². The molecule has 5 rings (SSSR count). The molecule has 0 radical (unpaired) electrons.